The van der Waals surface area contributed by atoms with Crippen LogP contribution in [0, 0.1) is 6.92 Å². The average molecular weight is 540 g/mol. The van der Waals surface area contributed by atoms with Gasteiger partial charge in [-0.3, -0.25) is 19.9 Å². The smallest absolute Gasteiger partial charge is 0.254 e. The Morgan fingerprint density at radius 2 is 2.00 bits per heavy atom. The van der Waals surface area contributed by atoms with Crippen LogP contribution in [0.1, 0.15) is 24.0 Å². The van der Waals surface area contributed by atoms with Crippen LogP contribution in [-0.4, -0.2) is 53.4 Å². The first-order chi connectivity index (χ1) is 16.9. The number of aliphatic imine (C=N–C) groups is 1. The van der Waals surface area contributed by atoms with Crippen LogP contribution in [0.3, 0.4) is 0 Å². The first-order valence-corrected chi connectivity index (χ1v) is 12.2. The largest absolute Gasteiger partial charge is 0.490 e. The van der Waals surface area contributed by atoms with Crippen LogP contribution in [0.2, 0.25) is 0 Å². The van der Waals surface area contributed by atoms with E-state index in [0.717, 1.165) is 47.2 Å². The Balaban J connectivity index is 1.39. The molecule has 1 aromatic heterocycles. The van der Waals surface area contributed by atoms with Gasteiger partial charge in [-0.15, -0.1) is 0 Å². The van der Waals surface area contributed by atoms with Crippen LogP contribution >= 0.6 is 15.9 Å². The Kier molecular flexibility index (Phi) is 6.20. The number of fused-ring (bicyclic) bond motifs is 1. The number of ether oxygens (including phenoxy) is 1. The maximum Gasteiger partial charge on any atom is 0.254 e. The van der Waals surface area contributed by atoms with Gasteiger partial charge in [0.15, 0.2) is 11.6 Å². The number of hydrogen-bond acceptors (Lipinski definition) is 7. The summed E-state index contributed by atoms with van der Waals surface area (Å²) in [5, 5.41) is 9.03. The minimum atomic E-state index is -1.53. The molecule has 11 heteroatoms. The Morgan fingerprint density at radius 1 is 1.20 bits per heavy atom. The van der Waals surface area contributed by atoms with Crippen molar-refractivity contribution < 1.29 is 14.3 Å². The topological polar surface area (TPSA) is 147 Å². The summed E-state index contributed by atoms with van der Waals surface area (Å²) in [4.78, 5) is 37.9. The molecule has 1 fully saturated rings. The molecule has 0 radical (unpaired) electrons. The van der Waals surface area contributed by atoms with Crippen molar-refractivity contribution in [3.05, 3.63) is 52.0 Å². The highest BCUT2D eigenvalue weighted by Crippen LogP contribution is 2.34. The molecule has 0 saturated carbocycles. The van der Waals surface area contributed by atoms with E-state index in [9.17, 15) is 9.59 Å². The van der Waals surface area contributed by atoms with E-state index in [4.69, 9.17) is 10.5 Å². The number of rotatable bonds is 6. The fraction of sp³-hybridized carbons (Fsp3) is 0.333. The molecule has 1 saturated heterocycles. The van der Waals surface area contributed by atoms with Crippen molar-refractivity contribution >= 4 is 51.1 Å². The van der Waals surface area contributed by atoms with Crippen LogP contribution in [0.15, 0.2) is 45.9 Å². The second-order valence-corrected chi connectivity index (χ2v) is 9.69. The second-order valence-electron chi connectivity index (χ2n) is 8.78. The van der Waals surface area contributed by atoms with Crippen molar-refractivity contribution in [2.75, 3.05) is 18.4 Å². The van der Waals surface area contributed by atoms with Gasteiger partial charge in [0.05, 0.1) is 17.4 Å². The number of piperidine rings is 1. The molecule has 2 amide bonds. The van der Waals surface area contributed by atoms with Gasteiger partial charge in [-0.2, -0.15) is 0 Å². The van der Waals surface area contributed by atoms with Crippen molar-refractivity contribution in [1.82, 2.24) is 20.6 Å². The highest BCUT2D eigenvalue weighted by Gasteiger charge is 2.53. The van der Waals surface area contributed by atoms with Gasteiger partial charge in [-0.25, -0.2) is 4.98 Å². The summed E-state index contributed by atoms with van der Waals surface area (Å²) in [6.07, 6.45) is 3.43. The number of benzene rings is 2. The molecule has 2 aliphatic heterocycles. The predicted molar refractivity (Wildman–Crippen MR) is 136 cm³/mol. The minimum absolute atomic E-state index is 0.173. The zero-order valence-corrected chi connectivity index (χ0v) is 20.7. The molecule has 6 N–H and O–H groups in total. The third kappa shape index (κ3) is 4.37. The molecule has 35 heavy (non-hydrogen) atoms. The Morgan fingerprint density at radius 3 is 2.77 bits per heavy atom. The highest BCUT2D eigenvalue weighted by molar-refractivity contribution is 9.10. The lowest BCUT2D eigenvalue weighted by Gasteiger charge is -2.32. The number of carbonyl (C=O) groups excluding carboxylic acids is 2. The number of nitrogens with one attached hydrogen (secondary N) is 4. The summed E-state index contributed by atoms with van der Waals surface area (Å²) in [6.45, 7) is 3.74. The Bertz CT molecular complexity index is 1320. The number of aromatic nitrogens is 2. The number of aromatic amines is 1. The first-order valence-electron chi connectivity index (χ1n) is 11.4. The van der Waals surface area contributed by atoms with E-state index in [1.165, 1.54) is 6.34 Å². The fourth-order valence-corrected chi connectivity index (χ4v) is 5.02. The van der Waals surface area contributed by atoms with Crippen molar-refractivity contribution in [3.8, 4) is 5.75 Å². The van der Waals surface area contributed by atoms with Crippen LogP contribution in [0.4, 0.5) is 5.95 Å². The number of halogens is 1. The monoisotopic (exact) mass is 539 g/mol. The molecular formula is C24H26BrN7O3. The molecule has 182 valence electrons. The lowest BCUT2D eigenvalue weighted by Crippen LogP contribution is -2.59. The quantitative estimate of drug-likeness (QED) is 0.324. The zero-order chi connectivity index (χ0) is 24.6. The molecule has 0 aliphatic carbocycles. The van der Waals surface area contributed by atoms with Gasteiger partial charge < -0.3 is 26.1 Å². The summed E-state index contributed by atoms with van der Waals surface area (Å²) < 4.78 is 6.86. The van der Waals surface area contributed by atoms with Crippen LogP contribution in [0.5, 0.6) is 5.75 Å². The second kappa shape index (κ2) is 9.31. The van der Waals surface area contributed by atoms with Gasteiger partial charge in [-0.05, 0) is 68.2 Å². The number of anilines is 1. The van der Waals surface area contributed by atoms with E-state index >= 15 is 0 Å². The van der Waals surface area contributed by atoms with Crippen LogP contribution < -0.4 is 26.4 Å². The van der Waals surface area contributed by atoms with Crippen molar-refractivity contribution in [3.63, 3.8) is 0 Å². The third-order valence-electron chi connectivity index (χ3n) is 6.47. The van der Waals surface area contributed by atoms with Crippen molar-refractivity contribution in [2.24, 2.45) is 10.7 Å². The molecule has 2 unspecified atom stereocenters. The number of amides is 2. The molecule has 5 rings (SSSR count). The van der Waals surface area contributed by atoms with Gasteiger partial charge in [0.25, 0.3) is 11.8 Å². The number of nitrogens with two attached hydrogens (primary N) is 1. The van der Waals surface area contributed by atoms with Gasteiger partial charge in [-0.1, -0.05) is 22.0 Å². The molecule has 10 nitrogen and oxygen atoms in total. The molecule has 2 aromatic carbocycles. The zero-order valence-electron chi connectivity index (χ0n) is 19.1. The van der Waals surface area contributed by atoms with E-state index in [2.05, 4.69) is 46.8 Å². The molecule has 3 aromatic rings. The SMILES string of the molecule is Cc1ccc(Br)cc1C1(C(N)=O)NC=NC1C(=O)Nc1nc2ccc(OC3CCNCC3)cc2[nH]1. The lowest BCUT2D eigenvalue weighted by molar-refractivity contribution is -0.129. The van der Waals surface area contributed by atoms with Crippen molar-refractivity contribution in [2.45, 2.75) is 37.5 Å². The number of aryl methyl sites for hydroxylation is 1. The molecule has 0 spiro atoms. The summed E-state index contributed by atoms with van der Waals surface area (Å²) in [5.41, 5.74) is 7.09. The summed E-state index contributed by atoms with van der Waals surface area (Å²) >= 11 is 3.43. The minimum Gasteiger partial charge on any atom is -0.490 e. The standard InChI is InChI=1S/C24H26BrN7O3/c1-13-2-3-14(25)10-17(13)24(22(26)34)20(28-12-29-24)21(33)32-23-30-18-5-4-16(11-19(18)31-23)35-15-6-8-27-9-7-15/h2-5,10-12,15,20,27H,6-9H2,1H3,(H2,26,34)(H,28,29)(H2,30,31,32,33). The number of nitrogens with zero attached hydrogens (tertiary/aromatic N) is 2. The molecule has 0 bridgehead atoms. The maximum absolute atomic E-state index is 13.3. The maximum atomic E-state index is 13.3. The summed E-state index contributed by atoms with van der Waals surface area (Å²) in [7, 11) is 0. The molecule has 2 aliphatic rings. The highest BCUT2D eigenvalue weighted by atomic mass is 79.9. The number of imidazole rings is 1. The van der Waals surface area contributed by atoms with E-state index in [-0.39, 0.29) is 12.1 Å². The van der Waals surface area contributed by atoms with E-state index < -0.39 is 23.4 Å². The van der Waals surface area contributed by atoms with Crippen LogP contribution in [-0.2, 0) is 15.1 Å². The summed E-state index contributed by atoms with van der Waals surface area (Å²) in [6, 6.07) is 9.93. The Labute approximate surface area is 210 Å². The molecular weight excluding hydrogens is 514 g/mol. The number of H-pyrrole nitrogens is 1. The van der Waals surface area contributed by atoms with Crippen molar-refractivity contribution in [1.29, 1.82) is 0 Å². The lowest BCUT2D eigenvalue weighted by atomic mass is 9.80. The normalized spacial score (nSPS) is 22.2. The molecule has 3 heterocycles. The van der Waals surface area contributed by atoms with Gasteiger partial charge in [0.2, 0.25) is 5.95 Å². The number of carbonyl (C=O) groups is 2. The molecule has 2 atom stereocenters. The van der Waals surface area contributed by atoms with Crippen LogP contribution in [0.25, 0.3) is 11.0 Å². The number of hydrogen-bond donors (Lipinski definition) is 5. The number of primary amides is 1. The van der Waals surface area contributed by atoms with E-state index in [0.29, 0.717) is 11.1 Å². The van der Waals surface area contributed by atoms with E-state index in [1.54, 1.807) is 6.07 Å². The fourth-order valence-electron chi connectivity index (χ4n) is 4.66. The van der Waals surface area contributed by atoms with E-state index in [1.807, 2.05) is 37.3 Å². The first kappa shape index (κ1) is 23.3. The van der Waals surface area contributed by atoms with Gasteiger partial charge >= 0.3 is 0 Å². The average Bonchev–Trinajstić information content (AvgIpc) is 3.46. The third-order valence-corrected chi connectivity index (χ3v) is 6.96. The summed E-state index contributed by atoms with van der Waals surface area (Å²) in [5.74, 6) is -0.237. The van der Waals surface area contributed by atoms with Gasteiger partial charge in [0, 0.05) is 10.5 Å². The predicted octanol–water partition coefficient (Wildman–Crippen LogP) is 2.08. The van der Waals surface area contributed by atoms with Gasteiger partial charge in [0.1, 0.15) is 11.9 Å². The Hall–Kier alpha value is -3.44.